The van der Waals surface area contributed by atoms with Crippen LogP contribution in [0, 0.1) is 6.92 Å². The van der Waals surface area contributed by atoms with Crippen molar-refractivity contribution in [1.82, 2.24) is 24.2 Å². The molecule has 8 nitrogen and oxygen atoms in total. The van der Waals surface area contributed by atoms with E-state index in [2.05, 4.69) is 23.9 Å². The largest absolute Gasteiger partial charge is 0.363 e. The van der Waals surface area contributed by atoms with Crippen LogP contribution in [0.25, 0.3) is 0 Å². The van der Waals surface area contributed by atoms with Crippen molar-refractivity contribution in [1.29, 1.82) is 0 Å². The molecule has 4 heterocycles. The molecule has 140 valence electrons. The van der Waals surface area contributed by atoms with Crippen molar-refractivity contribution in [3.05, 3.63) is 31.9 Å². The highest BCUT2D eigenvalue weighted by Gasteiger charge is 2.45. The van der Waals surface area contributed by atoms with Crippen LogP contribution in [0.3, 0.4) is 0 Å². The van der Waals surface area contributed by atoms with Gasteiger partial charge < -0.3 is 9.64 Å². The fraction of sp³-hybridized carbons (Fsp3) is 0.647. The summed E-state index contributed by atoms with van der Waals surface area (Å²) in [4.78, 5) is 32.3. The van der Waals surface area contributed by atoms with Crippen molar-refractivity contribution < 1.29 is 9.53 Å². The monoisotopic (exact) mass is 377 g/mol. The maximum absolute atomic E-state index is 13.0. The van der Waals surface area contributed by atoms with Crippen LogP contribution in [0.1, 0.15) is 52.4 Å². The standard InChI is InChI=1S/C17H23N5O3S/c1-10(2)14-18-11(3)13(26-14)15(23)21-6-5-17(8-21)9-22-12(7-25-17)19-20(4)16(22)24/h10H,5-9H2,1-4H3. The molecule has 0 N–H and O–H groups in total. The van der Waals surface area contributed by atoms with Gasteiger partial charge in [-0.05, 0) is 13.3 Å². The molecule has 1 amide bonds. The van der Waals surface area contributed by atoms with Gasteiger partial charge in [0.1, 0.15) is 17.1 Å². The molecular formula is C17H23N5O3S. The van der Waals surface area contributed by atoms with E-state index in [9.17, 15) is 9.59 Å². The Bertz CT molecular complexity index is 927. The van der Waals surface area contributed by atoms with Gasteiger partial charge in [0.15, 0.2) is 5.82 Å². The van der Waals surface area contributed by atoms with Crippen molar-refractivity contribution in [2.45, 2.75) is 51.9 Å². The number of hydrogen-bond acceptors (Lipinski definition) is 6. The van der Waals surface area contributed by atoms with Crippen LogP contribution in [0.15, 0.2) is 4.79 Å². The lowest BCUT2D eigenvalue weighted by Crippen LogP contribution is -2.47. The van der Waals surface area contributed by atoms with E-state index in [1.165, 1.54) is 16.0 Å². The van der Waals surface area contributed by atoms with Crippen LogP contribution < -0.4 is 5.69 Å². The van der Waals surface area contributed by atoms with Crippen LogP contribution in [-0.2, 0) is 24.9 Å². The lowest BCUT2D eigenvalue weighted by atomic mass is 10.0. The van der Waals surface area contributed by atoms with Gasteiger partial charge in [-0.3, -0.25) is 9.36 Å². The van der Waals surface area contributed by atoms with Crippen molar-refractivity contribution in [2.24, 2.45) is 7.05 Å². The van der Waals surface area contributed by atoms with E-state index in [0.29, 0.717) is 49.3 Å². The first kappa shape index (κ1) is 17.4. The third kappa shape index (κ3) is 2.69. The highest BCUT2D eigenvalue weighted by molar-refractivity contribution is 7.13. The summed E-state index contributed by atoms with van der Waals surface area (Å²) < 4.78 is 9.08. The van der Waals surface area contributed by atoms with Gasteiger partial charge >= 0.3 is 5.69 Å². The summed E-state index contributed by atoms with van der Waals surface area (Å²) >= 11 is 1.48. The molecule has 0 aliphatic carbocycles. The Morgan fingerprint density at radius 3 is 2.81 bits per heavy atom. The second kappa shape index (κ2) is 6.02. The topological polar surface area (TPSA) is 82.3 Å². The minimum Gasteiger partial charge on any atom is -0.363 e. The van der Waals surface area contributed by atoms with Gasteiger partial charge in [-0.1, -0.05) is 13.8 Å². The Morgan fingerprint density at radius 2 is 2.12 bits per heavy atom. The fourth-order valence-corrected chi connectivity index (χ4v) is 4.68. The molecular weight excluding hydrogens is 354 g/mol. The van der Waals surface area contributed by atoms with Crippen LogP contribution in [0.4, 0.5) is 0 Å². The molecule has 0 saturated carbocycles. The number of amides is 1. The molecule has 1 unspecified atom stereocenters. The zero-order valence-corrected chi connectivity index (χ0v) is 16.3. The molecule has 0 aromatic carbocycles. The Balaban J connectivity index is 1.55. The summed E-state index contributed by atoms with van der Waals surface area (Å²) in [5, 5.41) is 5.18. The maximum Gasteiger partial charge on any atom is 0.345 e. The zero-order valence-electron chi connectivity index (χ0n) is 15.5. The molecule has 1 saturated heterocycles. The predicted molar refractivity (Wildman–Crippen MR) is 96.4 cm³/mol. The number of thiazole rings is 1. The number of rotatable bonds is 2. The third-order valence-corrected chi connectivity index (χ3v) is 6.59. The van der Waals surface area contributed by atoms with E-state index in [4.69, 9.17) is 4.74 Å². The van der Waals surface area contributed by atoms with Gasteiger partial charge in [-0.2, -0.15) is 5.10 Å². The molecule has 1 spiro atoms. The van der Waals surface area contributed by atoms with Gasteiger partial charge in [0, 0.05) is 19.5 Å². The lowest BCUT2D eigenvalue weighted by Gasteiger charge is -2.33. The van der Waals surface area contributed by atoms with E-state index in [0.717, 1.165) is 10.7 Å². The number of ether oxygens (including phenoxy) is 1. The number of fused-ring (bicyclic) bond motifs is 1. The van der Waals surface area contributed by atoms with Crippen LogP contribution in [0.5, 0.6) is 0 Å². The Labute approximate surface area is 155 Å². The maximum atomic E-state index is 13.0. The normalized spacial score (nSPS) is 22.4. The number of aromatic nitrogens is 4. The van der Waals surface area contributed by atoms with Crippen molar-refractivity contribution in [3.8, 4) is 0 Å². The summed E-state index contributed by atoms with van der Waals surface area (Å²) in [6.07, 6.45) is 0.717. The van der Waals surface area contributed by atoms with Crippen molar-refractivity contribution in [2.75, 3.05) is 13.1 Å². The second-order valence-electron chi connectivity index (χ2n) is 7.48. The van der Waals surface area contributed by atoms with Gasteiger partial charge in [0.05, 0.1) is 23.8 Å². The molecule has 0 radical (unpaired) electrons. The first-order valence-corrected chi connectivity index (χ1v) is 9.64. The second-order valence-corrected chi connectivity index (χ2v) is 8.51. The summed E-state index contributed by atoms with van der Waals surface area (Å²) in [5.74, 6) is 0.965. The molecule has 2 aliphatic heterocycles. The minimum absolute atomic E-state index is 0.0108. The number of nitrogens with zero attached hydrogens (tertiary/aromatic N) is 5. The number of carbonyl (C=O) groups excluding carboxylic acids is 1. The Kier molecular flexibility index (Phi) is 4.03. The highest BCUT2D eigenvalue weighted by atomic mass is 32.1. The minimum atomic E-state index is -0.505. The molecule has 1 atom stereocenters. The predicted octanol–water partition coefficient (Wildman–Crippen LogP) is 1.29. The fourth-order valence-electron chi connectivity index (χ4n) is 3.64. The number of hydrogen-bond donors (Lipinski definition) is 0. The Hall–Kier alpha value is -2.00. The molecule has 2 aromatic heterocycles. The van der Waals surface area contributed by atoms with Gasteiger partial charge in [0.25, 0.3) is 5.91 Å². The van der Waals surface area contributed by atoms with E-state index >= 15 is 0 Å². The number of likely N-dealkylation sites (tertiary alicyclic amines) is 1. The smallest absolute Gasteiger partial charge is 0.345 e. The molecule has 9 heteroatoms. The summed E-state index contributed by atoms with van der Waals surface area (Å²) in [6, 6.07) is 0. The average molecular weight is 377 g/mol. The lowest BCUT2D eigenvalue weighted by molar-refractivity contribution is -0.0816. The van der Waals surface area contributed by atoms with E-state index in [1.54, 1.807) is 11.6 Å². The first-order chi connectivity index (χ1) is 12.3. The molecule has 0 bridgehead atoms. The molecule has 1 fully saturated rings. The SMILES string of the molecule is Cc1nc(C(C)C)sc1C(=O)N1CCC2(C1)Cn1c(nn(C)c1=O)CO2. The number of carbonyl (C=O) groups is 1. The van der Waals surface area contributed by atoms with E-state index < -0.39 is 5.60 Å². The summed E-state index contributed by atoms with van der Waals surface area (Å²) in [5.41, 5.74) is 0.155. The molecule has 4 rings (SSSR count). The van der Waals surface area contributed by atoms with Crippen molar-refractivity contribution >= 4 is 17.2 Å². The zero-order chi connectivity index (χ0) is 18.6. The molecule has 2 aliphatic rings. The first-order valence-electron chi connectivity index (χ1n) is 8.83. The van der Waals surface area contributed by atoms with Gasteiger partial charge in [0.2, 0.25) is 0 Å². The molecule has 26 heavy (non-hydrogen) atoms. The van der Waals surface area contributed by atoms with Crippen LogP contribution >= 0.6 is 11.3 Å². The Morgan fingerprint density at radius 1 is 1.35 bits per heavy atom. The number of aryl methyl sites for hydroxylation is 2. The van der Waals surface area contributed by atoms with E-state index in [-0.39, 0.29) is 11.6 Å². The third-order valence-electron chi connectivity index (χ3n) is 5.14. The quantitative estimate of drug-likeness (QED) is 0.788. The molecule has 2 aromatic rings. The van der Waals surface area contributed by atoms with Crippen LogP contribution in [-0.4, -0.2) is 48.8 Å². The average Bonchev–Trinajstić information content (AvgIpc) is 3.26. The van der Waals surface area contributed by atoms with Crippen LogP contribution in [0.2, 0.25) is 0 Å². The van der Waals surface area contributed by atoms with Gasteiger partial charge in [-0.25, -0.2) is 14.5 Å². The van der Waals surface area contributed by atoms with E-state index in [1.807, 2.05) is 11.8 Å². The highest BCUT2D eigenvalue weighted by Crippen LogP contribution is 2.33. The summed E-state index contributed by atoms with van der Waals surface area (Å²) in [7, 11) is 1.64. The van der Waals surface area contributed by atoms with Gasteiger partial charge in [-0.15, -0.1) is 11.3 Å². The van der Waals surface area contributed by atoms with Crippen molar-refractivity contribution in [3.63, 3.8) is 0 Å². The summed E-state index contributed by atoms with van der Waals surface area (Å²) in [6.45, 7) is 7.90.